The van der Waals surface area contributed by atoms with Gasteiger partial charge in [-0.1, -0.05) is 12.1 Å². The number of benzene rings is 1. The van der Waals surface area contributed by atoms with E-state index in [0.29, 0.717) is 36.2 Å². The number of carbonyl (C=O) groups is 1. The first-order valence-corrected chi connectivity index (χ1v) is 9.56. The van der Waals surface area contributed by atoms with Crippen molar-refractivity contribution in [3.63, 3.8) is 0 Å². The number of rotatable bonds is 3. The SMILES string of the molecule is Cc1c(Cn2c(C)cccc2=O)cncc1-c1c(F)ccc2c1N(C)C(=O)CC2. The van der Waals surface area contributed by atoms with E-state index >= 15 is 4.39 Å². The topological polar surface area (TPSA) is 55.2 Å². The monoisotopic (exact) mass is 391 g/mol. The molecule has 3 aromatic rings. The Balaban J connectivity index is 1.88. The van der Waals surface area contributed by atoms with Crippen LogP contribution in [0.4, 0.5) is 10.1 Å². The van der Waals surface area contributed by atoms with E-state index in [4.69, 9.17) is 0 Å². The summed E-state index contributed by atoms with van der Waals surface area (Å²) in [4.78, 5) is 30.4. The molecule has 6 heteroatoms. The molecule has 0 N–H and O–H groups in total. The Bertz CT molecular complexity index is 1180. The molecule has 0 bridgehead atoms. The van der Waals surface area contributed by atoms with Crippen LogP contribution in [-0.4, -0.2) is 22.5 Å². The summed E-state index contributed by atoms with van der Waals surface area (Å²) in [6.45, 7) is 4.13. The second-order valence-electron chi connectivity index (χ2n) is 7.45. The Morgan fingerprint density at radius 3 is 2.62 bits per heavy atom. The van der Waals surface area contributed by atoms with Crippen molar-refractivity contribution >= 4 is 11.6 Å². The zero-order valence-corrected chi connectivity index (χ0v) is 16.7. The quantitative estimate of drug-likeness (QED) is 0.685. The molecule has 0 fully saturated rings. The minimum Gasteiger partial charge on any atom is -0.314 e. The summed E-state index contributed by atoms with van der Waals surface area (Å²) in [7, 11) is 1.68. The molecule has 0 saturated carbocycles. The van der Waals surface area contributed by atoms with Gasteiger partial charge in [0.05, 0.1) is 12.2 Å². The molecule has 1 aliphatic heterocycles. The molecule has 0 unspecified atom stereocenters. The zero-order chi connectivity index (χ0) is 20.7. The lowest BCUT2D eigenvalue weighted by Crippen LogP contribution is -2.32. The number of nitrogens with zero attached hydrogens (tertiary/aromatic N) is 3. The summed E-state index contributed by atoms with van der Waals surface area (Å²) in [6.07, 6.45) is 4.35. The third-order valence-corrected chi connectivity index (χ3v) is 5.71. The summed E-state index contributed by atoms with van der Waals surface area (Å²) in [5, 5.41) is 0. The molecule has 4 rings (SSSR count). The Kier molecular flexibility index (Phi) is 4.78. The van der Waals surface area contributed by atoms with Crippen molar-refractivity contribution in [1.29, 1.82) is 0 Å². The molecular formula is C23H22FN3O2. The van der Waals surface area contributed by atoms with Gasteiger partial charge in [0.2, 0.25) is 5.91 Å². The highest BCUT2D eigenvalue weighted by atomic mass is 19.1. The first kappa shape index (κ1) is 19.1. The average Bonchev–Trinajstić information content (AvgIpc) is 2.69. The molecule has 0 atom stereocenters. The van der Waals surface area contributed by atoms with Crippen LogP contribution < -0.4 is 10.5 Å². The van der Waals surface area contributed by atoms with E-state index in [2.05, 4.69) is 4.98 Å². The summed E-state index contributed by atoms with van der Waals surface area (Å²) in [5.74, 6) is -0.419. The minimum atomic E-state index is -0.389. The summed E-state index contributed by atoms with van der Waals surface area (Å²) < 4.78 is 16.7. The summed E-state index contributed by atoms with van der Waals surface area (Å²) in [5.41, 5.74) is 5.01. The zero-order valence-electron chi connectivity index (χ0n) is 16.7. The molecule has 0 radical (unpaired) electrons. The Morgan fingerprint density at radius 1 is 1.07 bits per heavy atom. The maximum Gasteiger partial charge on any atom is 0.251 e. The maximum absolute atomic E-state index is 15.0. The van der Waals surface area contributed by atoms with E-state index in [9.17, 15) is 9.59 Å². The molecule has 29 heavy (non-hydrogen) atoms. The van der Waals surface area contributed by atoms with Gasteiger partial charge in [-0.15, -0.1) is 0 Å². The second kappa shape index (κ2) is 7.28. The van der Waals surface area contributed by atoms with Crippen molar-refractivity contribution in [3.8, 4) is 11.1 Å². The normalized spacial score (nSPS) is 13.5. The van der Waals surface area contributed by atoms with Crippen molar-refractivity contribution in [1.82, 2.24) is 9.55 Å². The lowest BCUT2D eigenvalue weighted by atomic mass is 9.91. The highest BCUT2D eigenvalue weighted by molar-refractivity contribution is 6.01. The Labute approximate surface area is 168 Å². The smallest absolute Gasteiger partial charge is 0.251 e. The molecule has 148 valence electrons. The van der Waals surface area contributed by atoms with Crippen LogP contribution in [0.15, 0.2) is 47.5 Å². The van der Waals surface area contributed by atoms with Crippen LogP contribution >= 0.6 is 0 Å². The van der Waals surface area contributed by atoms with E-state index in [1.807, 2.05) is 19.9 Å². The van der Waals surface area contributed by atoms with Gasteiger partial charge in [-0.25, -0.2) is 4.39 Å². The first-order chi connectivity index (χ1) is 13.9. The van der Waals surface area contributed by atoms with Gasteiger partial charge in [0, 0.05) is 48.7 Å². The fraction of sp³-hybridized carbons (Fsp3) is 0.261. The number of aryl methyl sites for hydroxylation is 2. The number of amides is 1. The third-order valence-electron chi connectivity index (χ3n) is 5.71. The van der Waals surface area contributed by atoms with Gasteiger partial charge in [-0.3, -0.25) is 14.6 Å². The number of hydrogen-bond donors (Lipinski definition) is 0. The van der Waals surface area contributed by atoms with Gasteiger partial charge in [-0.05, 0) is 49.1 Å². The van der Waals surface area contributed by atoms with Gasteiger partial charge in [0.25, 0.3) is 5.56 Å². The van der Waals surface area contributed by atoms with E-state index < -0.39 is 0 Å². The van der Waals surface area contributed by atoms with Crippen molar-refractivity contribution < 1.29 is 9.18 Å². The lowest BCUT2D eigenvalue weighted by molar-refractivity contribution is -0.118. The minimum absolute atomic E-state index is 0.0300. The number of pyridine rings is 2. The van der Waals surface area contributed by atoms with Crippen molar-refractivity contribution in [3.05, 3.63) is 81.3 Å². The molecule has 0 saturated heterocycles. The van der Waals surface area contributed by atoms with Crippen LogP contribution in [0.3, 0.4) is 0 Å². The van der Waals surface area contributed by atoms with Crippen LogP contribution in [0.1, 0.15) is 28.8 Å². The number of carbonyl (C=O) groups excluding carboxylic acids is 1. The first-order valence-electron chi connectivity index (χ1n) is 9.56. The van der Waals surface area contributed by atoms with Crippen LogP contribution in [0.5, 0.6) is 0 Å². The molecule has 5 nitrogen and oxygen atoms in total. The van der Waals surface area contributed by atoms with Gasteiger partial charge >= 0.3 is 0 Å². The summed E-state index contributed by atoms with van der Waals surface area (Å²) in [6, 6.07) is 8.33. The predicted octanol–water partition coefficient (Wildman–Crippen LogP) is 3.62. The molecular weight excluding hydrogens is 369 g/mol. The van der Waals surface area contributed by atoms with Gasteiger partial charge in [0.1, 0.15) is 5.82 Å². The third kappa shape index (κ3) is 3.24. The number of halogens is 1. The van der Waals surface area contributed by atoms with Gasteiger partial charge in [0.15, 0.2) is 0 Å². The van der Waals surface area contributed by atoms with Gasteiger partial charge < -0.3 is 9.47 Å². The largest absolute Gasteiger partial charge is 0.314 e. The number of fused-ring (bicyclic) bond motifs is 1. The van der Waals surface area contributed by atoms with Crippen LogP contribution in [0.25, 0.3) is 11.1 Å². The molecule has 0 spiro atoms. The van der Waals surface area contributed by atoms with Crippen LogP contribution in [0.2, 0.25) is 0 Å². The molecule has 3 heterocycles. The second-order valence-corrected chi connectivity index (χ2v) is 7.45. The van der Waals surface area contributed by atoms with E-state index in [1.54, 1.807) is 36.1 Å². The fourth-order valence-corrected chi connectivity index (χ4v) is 3.96. The number of hydrogen-bond acceptors (Lipinski definition) is 3. The summed E-state index contributed by atoms with van der Waals surface area (Å²) >= 11 is 0. The van der Waals surface area contributed by atoms with E-state index in [0.717, 1.165) is 22.4 Å². The van der Waals surface area contributed by atoms with E-state index in [1.165, 1.54) is 17.0 Å². The molecule has 1 amide bonds. The van der Waals surface area contributed by atoms with Crippen LogP contribution in [-0.2, 0) is 17.8 Å². The Hall–Kier alpha value is -3.28. The van der Waals surface area contributed by atoms with E-state index in [-0.39, 0.29) is 17.3 Å². The predicted molar refractivity (Wildman–Crippen MR) is 111 cm³/mol. The van der Waals surface area contributed by atoms with Crippen molar-refractivity contribution in [2.45, 2.75) is 33.2 Å². The maximum atomic E-state index is 15.0. The average molecular weight is 391 g/mol. The molecule has 1 aliphatic rings. The van der Waals surface area contributed by atoms with Crippen molar-refractivity contribution in [2.24, 2.45) is 0 Å². The van der Waals surface area contributed by atoms with Gasteiger partial charge in [-0.2, -0.15) is 0 Å². The standard InChI is InChI=1S/C23H22FN3O2/c1-14-5-4-6-21(29)27(14)13-17-11-25-12-18(15(17)2)22-19(24)9-7-16-8-10-20(28)26(3)23(16)22/h4-7,9,11-12H,8,10,13H2,1-3H3. The molecule has 1 aromatic carbocycles. The van der Waals surface area contributed by atoms with Crippen LogP contribution in [0, 0.1) is 19.7 Å². The molecule has 0 aliphatic carbocycles. The Morgan fingerprint density at radius 2 is 1.86 bits per heavy atom. The number of anilines is 1. The highest BCUT2D eigenvalue weighted by Crippen LogP contribution is 2.40. The van der Waals surface area contributed by atoms with Crippen molar-refractivity contribution in [2.75, 3.05) is 11.9 Å². The lowest BCUT2D eigenvalue weighted by Gasteiger charge is -2.29. The fourth-order valence-electron chi connectivity index (χ4n) is 3.96. The molecule has 2 aromatic heterocycles. The highest BCUT2D eigenvalue weighted by Gasteiger charge is 2.27. The number of aromatic nitrogens is 2.